The second-order valence-corrected chi connectivity index (χ2v) is 12.4. The van der Waals surface area contributed by atoms with Crippen molar-refractivity contribution in [3.05, 3.63) is 29.8 Å². The molecule has 3 fully saturated rings. The molecule has 0 atom stereocenters. The van der Waals surface area contributed by atoms with Crippen LogP contribution in [-0.2, 0) is 4.79 Å². The Labute approximate surface area is 216 Å². The summed E-state index contributed by atoms with van der Waals surface area (Å²) in [6.45, 7) is 4.61. The van der Waals surface area contributed by atoms with Crippen LogP contribution in [0.4, 0.5) is 0 Å². The molecule has 0 aromatic heterocycles. The number of rotatable bonds is 10. The van der Waals surface area contributed by atoms with Crippen LogP contribution in [0.25, 0.3) is 0 Å². The summed E-state index contributed by atoms with van der Waals surface area (Å²) >= 11 is 0. The average molecular weight is 481 g/mol. The summed E-state index contributed by atoms with van der Waals surface area (Å²) in [5.74, 6) is 5.24. The molecule has 0 radical (unpaired) electrons. The third-order valence-electron chi connectivity index (χ3n) is 10.0. The van der Waals surface area contributed by atoms with Gasteiger partial charge in [0.15, 0.2) is 0 Å². The molecule has 35 heavy (non-hydrogen) atoms. The van der Waals surface area contributed by atoms with Gasteiger partial charge in [0.1, 0.15) is 5.75 Å². The molecule has 4 rings (SSSR count). The lowest BCUT2D eigenvalue weighted by atomic mass is 9.68. The predicted octanol–water partition coefficient (Wildman–Crippen LogP) is 9.86. The lowest BCUT2D eigenvalue weighted by Crippen LogP contribution is -2.30. The van der Waals surface area contributed by atoms with Gasteiger partial charge in [-0.1, -0.05) is 77.3 Å². The second kappa shape index (κ2) is 13.8. The van der Waals surface area contributed by atoms with Crippen molar-refractivity contribution in [1.82, 2.24) is 0 Å². The van der Waals surface area contributed by atoms with Crippen LogP contribution in [0.3, 0.4) is 0 Å². The van der Waals surface area contributed by atoms with E-state index in [1.807, 2.05) is 12.1 Å². The van der Waals surface area contributed by atoms with Crippen LogP contribution in [0.1, 0.15) is 141 Å². The molecule has 3 saturated carbocycles. The maximum Gasteiger partial charge on any atom is 0.314 e. The number of hydrogen-bond acceptors (Lipinski definition) is 2. The fourth-order valence-electron chi connectivity index (χ4n) is 7.55. The highest BCUT2D eigenvalue weighted by Crippen LogP contribution is 2.43. The van der Waals surface area contributed by atoms with Crippen LogP contribution in [0.2, 0.25) is 0 Å². The zero-order valence-corrected chi connectivity index (χ0v) is 22.8. The molecule has 0 unspecified atom stereocenters. The van der Waals surface area contributed by atoms with Gasteiger partial charge in [-0.2, -0.15) is 0 Å². The quantitative estimate of drug-likeness (QED) is 0.246. The van der Waals surface area contributed by atoms with Gasteiger partial charge in [-0.05, 0) is 111 Å². The number of benzene rings is 1. The van der Waals surface area contributed by atoms with Crippen molar-refractivity contribution in [3.63, 3.8) is 0 Å². The van der Waals surface area contributed by atoms with Crippen LogP contribution < -0.4 is 4.74 Å². The number of esters is 1. The molecular formula is C33H52O2. The summed E-state index contributed by atoms with van der Waals surface area (Å²) in [6.07, 6.45) is 24.0. The highest BCUT2D eigenvalue weighted by atomic mass is 16.5. The Morgan fingerprint density at radius 3 is 1.69 bits per heavy atom. The normalized spacial score (nSPS) is 31.7. The molecule has 196 valence electrons. The Morgan fingerprint density at radius 1 is 0.686 bits per heavy atom. The molecular weight excluding hydrogens is 428 g/mol. The van der Waals surface area contributed by atoms with E-state index in [0.717, 1.165) is 42.3 Å². The molecule has 0 heterocycles. The summed E-state index contributed by atoms with van der Waals surface area (Å²) < 4.78 is 5.85. The van der Waals surface area contributed by atoms with Crippen LogP contribution in [0.5, 0.6) is 5.75 Å². The monoisotopic (exact) mass is 480 g/mol. The maximum absolute atomic E-state index is 12.9. The molecule has 0 spiro atoms. The van der Waals surface area contributed by atoms with E-state index in [4.69, 9.17) is 4.74 Å². The van der Waals surface area contributed by atoms with Gasteiger partial charge in [0.05, 0.1) is 5.92 Å². The first-order chi connectivity index (χ1) is 17.2. The Kier molecular flexibility index (Phi) is 10.6. The standard InChI is InChI=1S/C33H52O2/c1-3-5-7-25-9-13-27(14-10-25)29-17-19-31(20-18-29)33(34)35-32-23-21-30(22-24-32)28-15-11-26(12-16-28)8-6-4-2/h21-29,31H,3-20H2,1-2H3. The molecule has 0 aliphatic heterocycles. The van der Waals surface area contributed by atoms with Crippen LogP contribution in [-0.4, -0.2) is 5.97 Å². The van der Waals surface area contributed by atoms with Crippen molar-refractivity contribution < 1.29 is 9.53 Å². The van der Waals surface area contributed by atoms with Crippen molar-refractivity contribution in [2.45, 2.75) is 135 Å². The number of ether oxygens (including phenoxy) is 1. The average Bonchev–Trinajstić information content (AvgIpc) is 2.92. The fourth-order valence-corrected chi connectivity index (χ4v) is 7.55. The van der Waals surface area contributed by atoms with Gasteiger partial charge in [-0.15, -0.1) is 0 Å². The summed E-state index contributed by atoms with van der Waals surface area (Å²) in [7, 11) is 0. The molecule has 2 heteroatoms. The maximum atomic E-state index is 12.9. The van der Waals surface area contributed by atoms with Gasteiger partial charge in [0.25, 0.3) is 0 Å². The molecule has 3 aliphatic carbocycles. The minimum atomic E-state index is 0.0101. The van der Waals surface area contributed by atoms with Gasteiger partial charge in [0.2, 0.25) is 0 Å². The van der Waals surface area contributed by atoms with E-state index in [-0.39, 0.29) is 11.9 Å². The SMILES string of the molecule is CCCCC1CCC(c2ccc(OC(=O)C3CCC(C4CCC(CCCC)CC4)CC3)cc2)CC1. The molecule has 0 bridgehead atoms. The highest BCUT2D eigenvalue weighted by molar-refractivity contribution is 5.75. The highest BCUT2D eigenvalue weighted by Gasteiger charge is 2.33. The summed E-state index contributed by atoms with van der Waals surface area (Å²) in [5.41, 5.74) is 1.43. The third kappa shape index (κ3) is 7.83. The van der Waals surface area contributed by atoms with Crippen LogP contribution in [0.15, 0.2) is 24.3 Å². The number of carbonyl (C=O) groups is 1. The van der Waals surface area contributed by atoms with Crippen molar-refractivity contribution in [2.75, 3.05) is 0 Å². The van der Waals surface area contributed by atoms with Crippen molar-refractivity contribution in [2.24, 2.45) is 29.6 Å². The summed E-state index contributed by atoms with van der Waals surface area (Å²) in [5, 5.41) is 0. The van der Waals surface area contributed by atoms with E-state index in [1.165, 1.54) is 108 Å². The predicted molar refractivity (Wildman–Crippen MR) is 147 cm³/mol. The zero-order chi connectivity index (χ0) is 24.5. The van der Waals surface area contributed by atoms with Crippen LogP contribution in [0, 0.1) is 29.6 Å². The van der Waals surface area contributed by atoms with Crippen LogP contribution >= 0.6 is 0 Å². The van der Waals surface area contributed by atoms with E-state index in [9.17, 15) is 4.79 Å². The van der Waals surface area contributed by atoms with E-state index in [2.05, 4.69) is 26.0 Å². The number of hydrogen-bond donors (Lipinski definition) is 0. The van der Waals surface area contributed by atoms with Gasteiger partial charge >= 0.3 is 5.97 Å². The lowest BCUT2D eigenvalue weighted by Gasteiger charge is -2.37. The van der Waals surface area contributed by atoms with E-state index >= 15 is 0 Å². The molecule has 1 aromatic rings. The molecule has 0 saturated heterocycles. The molecule has 0 N–H and O–H groups in total. The van der Waals surface area contributed by atoms with Gasteiger partial charge < -0.3 is 4.74 Å². The number of unbranched alkanes of at least 4 members (excludes halogenated alkanes) is 2. The largest absolute Gasteiger partial charge is 0.426 e. The van der Waals surface area contributed by atoms with Gasteiger partial charge in [-0.3, -0.25) is 4.79 Å². The molecule has 3 aliphatic rings. The Morgan fingerprint density at radius 2 is 1.17 bits per heavy atom. The Bertz CT molecular complexity index is 729. The molecule has 2 nitrogen and oxygen atoms in total. The Hall–Kier alpha value is -1.31. The minimum absolute atomic E-state index is 0.0101. The first-order valence-corrected chi connectivity index (χ1v) is 15.5. The minimum Gasteiger partial charge on any atom is -0.426 e. The molecule has 0 amide bonds. The molecule has 1 aromatic carbocycles. The lowest BCUT2D eigenvalue weighted by molar-refractivity contribution is -0.140. The topological polar surface area (TPSA) is 26.3 Å². The van der Waals surface area contributed by atoms with Crippen molar-refractivity contribution >= 4 is 5.97 Å². The second-order valence-electron chi connectivity index (χ2n) is 12.4. The fraction of sp³-hybridized carbons (Fsp3) is 0.788. The first kappa shape index (κ1) is 26.7. The summed E-state index contributed by atoms with van der Waals surface area (Å²) in [4.78, 5) is 12.9. The first-order valence-electron chi connectivity index (χ1n) is 15.5. The summed E-state index contributed by atoms with van der Waals surface area (Å²) in [6, 6.07) is 8.51. The number of carbonyl (C=O) groups excluding carboxylic acids is 1. The van der Waals surface area contributed by atoms with Gasteiger partial charge in [-0.25, -0.2) is 0 Å². The van der Waals surface area contributed by atoms with Gasteiger partial charge in [0, 0.05) is 0 Å². The Balaban J connectivity index is 1.16. The van der Waals surface area contributed by atoms with Crippen molar-refractivity contribution in [3.8, 4) is 5.75 Å². The van der Waals surface area contributed by atoms with E-state index in [1.54, 1.807) is 0 Å². The smallest absolute Gasteiger partial charge is 0.314 e. The third-order valence-corrected chi connectivity index (χ3v) is 10.0. The van der Waals surface area contributed by atoms with Crippen molar-refractivity contribution in [1.29, 1.82) is 0 Å². The van der Waals surface area contributed by atoms with E-state index in [0.29, 0.717) is 5.92 Å². The van der Waals surface area contributed by atoms with E-state index < -0.39 is 0 Å². The zero-order valence-electron chi connectivity index (χ0n) is 22.8.